The summed E-state index contributed by atoms with van der Waals surface area (Å²) in [7, 11) is 0. The first kappa shape index (κ1) is 9.20. The quantitative estimate of drug-likeness (QED) is 0.717. The van der Waals surface area contributed by atoms with E-state index in [1.165, 1.54) is 0 Å². The molecule has 2 heteroatoms. The summed E-state index contributed by atoms with van der Waals surface area (Å²) in [6.45, 7) is 3.15. The molecule has 0 spiro atoms. The normalized spacial score (nSPS) is 15.7. The number of rotatable bonds is 2. The lowest BCUT2D eigenvalue weighted by atomic mass is 9.94. The summed E-state index contributed by atoms with van der Waals surface area (Å²) in [5.74, 6) is 0. The van der Waals surface area contributed by atoms with Crippen LogP contribution in [-0.2, 0) is 5.54 Å². The summed E-state index contributed by atoms with van der Waals surface area (Å²) < 4.78 is 12.4. The van der Waals surface area contributed by atoms with Crippen molar-refractivity contribution in [3.05, 3.63) is 35.4 Å². The van der Waals surface area contributed by atoms with E-state index >= 15 is 0 Å². The van der Waals surface area contributed by atoms with Crippen molar-refractivity contribution in [3.63, 3.8) is 0 Å². The highest BCUT2D eigenvalue weighted by Gasteiger charge is 2.20. The predicted octanol–water partition coefficient (Wildman–Crippen LogP) is 2.14. The topological polar surface area (TPSA) is 26.0 Å². The second kappa shape index (κ2) is 3.23. The van der Waals surface area contributed by atoms with Crippen molar-refractivity contribution < 1.29 is 4.39 Å². The molecule has 12 heavy (non-hydrogen) atoms. The first-order chi connectivity index (χ1) is 5.56. The van der Waals surface area contributed by atoms with Crippen LogP contribution >= 0.6 is 0 Å². The minimum Gasteiger partial charge on any atom is -0.319 e. The van der Waals surface area contributed by atoms with E-state index in [1.807, 2.05) is 31.2 Å². The Labute approximate surface area is 72.4 Å². The van der Waals surface area contributed by atoms with Crippen molar-refractivity contribution in [3.8, 4) is 0 Å². The SMILES string of the molecule is Cc1ccc([C@@](C)(N)CF)cc1. The largest absolute Gasteiger partial charge is 0.319 e. The van der Waals surface area contributed by atoms with Crippen molar-refractivity contribution in [2.45, 2.75) is 19.4 Å². The molecule has 0 unspecified atom stereocenters. The zero-order valence-electron chi connectivity index (χ0n) is 7.47. The first-order valence-corrected chi connectivity index (χ1v) is 3.98. The van der Waals surface area contributed by atoms with Crippen LogP contribution in [-0.4, -0.2) is 6.67 Å². The molecule has 66 valence electrons. The van der Waals surface area contributed by atoms with Crippen LogP contribution in [0.25, 0.3) is 0 Å². The van der Waals surface area contributed by atoms with Gasteiger partial charge in [0.1, 0.15) is 6.67 Å². The lowest BCUT2D eigenvalue weighted by Gasteiger charge is -2.20. The van der Waals surface area contributed by atoms with Gasteiger partial charge in [0.15, 0.2) is 0 Å². The maximum Gasteiger partial charge on any atom is 0.111 e. The fourth-order valence-corrected chi connectivity index (χ4v) is 1.01. The highest BCUT2D eigenvalue weighted by molar-refractivity contribution is 5.27. The van der Waals surface area contributed by atoms with E-state index in [0.717, 1.165) is 11.1 Å². The minimum absolute atomic E-state index is 0.532. The van der Waals surface area contributed by atoms with E-state index in [4.69, 9.17) is 5.73 Å². The Hall–Kier alpha value is -0.890. The standard InChI is InChI=1S/C10H14FN/c1-8-3-5-9(6-4-8)10(2,12)7-11/h3-6H,7,12H2,1-2H3/t10-/m0/s1. The van der Waals surface area contributed by atoms with Crippen molar-refractivity contribution in [2.75, 3.05) is 6.67 Å². The average Bonchev–Trinajstić information content (AvgIpc) is 2.05. The summed E-state index contributed by atoms with van der Waals surface area (Å²) >= 11 is 0. The summed E-state index contributed by atoms with van der Waals surface area (Å²) in [5, 5.41) is 0. The molecular formula is C10H14FN. The molecule has 0 aliphatic heterocycles. The third-order valence-electron chi connectivity index (χ3n) is 1.99. The van der Waals surface area contributed by atoms with Gasteiger partial charge in [0.05, 0.1) is 5.54 Å². The Balaban J connectivity index is 2.96. The average molecular weight is 167 g/mol. The van der Waals surface area contributed by atoms with E-state index in [0.29, 0.717) is 0 Å². The Morgan fingerprint density at radius 2 is 1.83 bits per heavy atom. The number of benzene rings is 1. The van der Waals surface area contributed by atoms with E-state index < -0.39 is 12.2 Å². The van der Waals surface area contributed by atoms with Gasteiger partial charge in [-0.3, -0.25) is 0 Å². The molecule has 0 saturated carbocycles. The summed E-state index contributed by atoms with van der Waals surface area (Å²) in [5.41, 5.74) is 6.88. The van der Waals surface area contributed by atoms with Gasteiger partial charge >= 0.3 is 0 Å². The maximum atomic E-state index is 12.4. The molecule has 0 aliphatic rings. The van der Waals surface area contributed by atoms with Crippen LogP contribution in [0, 0.1) is 6.92 Å². The predicted molar refractivity (Wildman–Crippen MR) is 48.7 cm³/mol. The van der Waals surface area contributed by atoms with Crippen LogP contribution in [0.4, 0.5) is 4.39 Å². The van der Waals surface area contributed by atoms with E-state index in [9.17, 15) is 4.39 Å². The molecule has 1 nitrogen and oxygen atoms in total. The second-order valence-corrected chi connectivity index (χ2v) is 3.42. The Morgan fingerprint density at radius 3 is 2.25 bits per heavy atom. The van der Waals surface area contributed by atoms with Crippen LogP contribution in [0.2, 0.25) is 0 Å². The highest BCUT2D eigenvalue weighted by atomic mass is 19.1. The van der Waals surface area contributed by atoms with Crippen molar-refractivity contribution in [1.82, 2.24) is 0 Å². The molecule has 0 bridgehead atoms. The molecule has 2 N–H and O–H groups in total. The minimum atomic E-state index is -0.840. The summed E-state index contributed by atoms with van der Waals surface area (Å²) in [4.78, 5) is 0. The molecule has 1 rings (SSSR count). The van der Waals surface area contributed by atoms with Crippen LogP contribution in [0.3, 0.4) is 0 Å². The van der Waals surface area contributed by atoms with Gasteiger partial charge in [-0.05, 0) is 19.4 Å². The molecule has 1 atom stereocenters. The van der Waals surface area contributed by atoms with Crippen LogP contribution < -0.4 is 5.73 Å². The molecule has 0 fully saturated rings. The van der Waals surface area contributed by atoms with Gasteiger partial charge in [-0.2, -0.15) is 0 Å². The van der Waals surface area contributed by atoms with Crippen molar-refractivity contribution >= 4 is 0 Å². The van der Waals surface area contributed by atoms with Gasteiger partial charge in [-0.1, -0.05) is 29.8 Å². The molecular weight excluding hydrogens is 153 g/mol. The van der Waals surface area contributed by atoms with Crippen LogP contribution in [0.5, 0.6) is 0 Å². The Bertz CT molecular complexity index is 251. The smallest absolute Gasteiger partial charge is 0.111 e. The van der Waals surface area contributed by atoms with E-state index in [2.05, 4.69) is 0 Å². The zero-order valence-corrected chi connectivity index (χ0v) is 7.47. The molecule has 0 saturated heterocycles. The molecule has 1 aromatic rings. The molecule has 0 amide bonds. The highest BCUT2D eigenvalue weighted by Crippen LogP contribution is 2.18. The third-order valence-corrected chi connectivity index (χ3v) is 1.99. The third kappa shape index (κ3) is 1.83. The van der Waals surface area contributed by atoms with Crippen LogP contribution in [0.15, 0.2) is 24.3 Å². The van der Waals surface area contributed by atoms with E-state index in [-0.39, 0.29) is 0 Å². The first-order valence-electron chi connectivity index (χ1n) is 3.98. The van der Waals surface area contributed by atoms with Crippen LogP contribution in [0.1, 0.15) is 18.1 Å². The number of nitrogens with two attached hydrogens (primary N) is 1. The lowest BCUT2D eigenvalue weighted by molar-refractivity contribution is 0.336. The number of hydrogen-bond acceptors (Lipinski definition) is 1. The molecule has 0 radical (unpaired) electrons. The van der Waals surface area contributed by atoms with E-state index in [1.54, 1.807) is 6.92 Å². The van der Waals surface area contributed by atoms with Crippen molar-refractivity contribution in [1.29, 1.82) is 0 Å². The number of hydrogen-bond donors (Lipinski definition) is 1. The fourth-order valence-electron chi connectivity index (χ4n) is 1.01. The van der Waals surface area contributed by atoms with Crippen molar-refractivity contribution in [2.24, 2.45) is 5.73 Å². The number of halogens is 1. The number of aryl methyl sites for hydroxylation is 1. The van der Waals surface area contributed by atoms with Gasteiger partial charge < -0.3 is 5.73 Å². The molecule has 1 aromatic carbocycles. The van der Waals surface area contributed by atoms with Gasteiger partial charge in [0, 0.05) is 0 Å². The zero-order chi connectivity index (χ0) is 9.19. The Kier molecular flexibility index (Phi) is 2.48. The van der Waals surface area contributed by atoms with Gasteiger partial charge in [0.2, 0.25) is 0 Å². The molecule has 0 heterocycles. The second-order valence-electron chi connectivity index (χ2n) is 3.42. The lowest BCUT2D eigenvalue weighted by Crippen LogP contribution is -2.35. The Morgan fingerprint density at radius 1 is 1.33 bits per heavy atom. The monoisotopic (exact) mass is 167 g/mol. The number of alkyl halides is 1. The summed E-state index contributed by atoms with van der Waals surface area (Å²) in [6, 6.07) is 7.62. The van der Waals surface area contributed by atoms with Gasteiger partial charge in [-0.25, -0.2) is 4.39 Å². The van der Waals surface area contributed by atoms with Gasteiger partial charge in [-0.15, -0.1) is 0 Å². The summed E-state index contributed by atoms with van der Waals surface area (Å²) in [6.07, 6.45) is 0. The molecule has 0 aromatic heterocycles. The molecule has 0 aliphatic carbocycles. The van der Waals surface area contributed by atoms with Gasteiger partial charge in [0.25, 0.3) is 0 Å². The maximum absolute atomic E-state index is 12.4. The fraction of sp³-hybridized carbons (Fsp3) is 0.400.